The van der Waals surface area contributed by atoms with Gasteiger partial charge in [0.1, 0.15) is 5.82 Å². The number of pyridine rings is 1. The molecule has 1 fully saturated rings. The maximum absolute atomic E-state index is 9.39. The van der Waals surface area contributed by atoms with Gasteiger partial charge in [-0.25, -0.2) is 4.98 Å². The van der Waals surface area contributed by atoms with Crippen molar-refractivity contribution in [1.82, 2.24) is 9.88 Å². The summed E-state index contributed by atoms with van der Waals surface area (Å²) in [6.07, 6.45) is 0. The first-order chi connectivity index (χ1) is 10.1. The Labute approximate surface area is 125 Å². The summed E-state index contributed by atoms with van der Waals surface area (Å²) in [5, 5.41) is 10.3. The second kappa shape index (κ2) is 5.34. The SMILES string of the molecule is CC1CN(c2cc(C#N)c3ccccc3n2)CC1N(C)C. The van der Waals surface area contributed by atoms with Gasteiger partial charge in [-0.1, -0.05) is 25.1 Å². The molecule has 0 N–H and O–H groups in total. The number of hydrogen-bond acceptors (Lipinski definition) is 4. The Morgan fingerprint density at radius 3 is 2.71 bits per heavy atom. The van der Waals surface area contributed by atoms with E-state index in [4.69, 9.17) is 4.98 Å². The highest BCUT2D eigenvalue weighted by Gasteiger charge is 2.31. The molecule has 21 heavy (non-hydrogen) atoms. The minimum atomic E-state index is 0.531. The molecule has 0 aliphatic carbocycles. The lowest BCUT2D eigenvalue weighted by molar-refractivity contribution is 0.266. The summed E-state index contributed by atoms with van der Waals surface area (Å²) in [5.74, 6) is 1.51. The zero-order chi connectivity index (χ0) is 15.0. The van der Waals surface area contributed by atoms with Gasteiger partial charge in [0.15, 0.2) is 0 Å². The molecule has 4 nitrogen and oxygen atoms in total. The van der Waals surface area contributed by atoms with Crippen molar-refractivity contribution >= 4 is 16.7 Å². The van der Waals surface area contributed by atoms with Crippen molar-refractivity contribution in [2.24, 2.45) is 5.92 Å². The van der Waals surface area contributed by atoms with Crippen molar-refractivity contribution in [3.8, 4) is 6.07 Å². The number of nitriles is 1. The van der Waals surface area contributed by atoms with Crippen LogP contribution in [-0.4, -0.2) is 43.1 Å². The second-order valence-corrected chi connectivity index (χ2v) is 6.07. The largest absolute Gasteiger partial charge is 0.355 e. The quantitative estimate of drug-likeness (QED) is 0.847. The molecule has 0 radical (unpaired) electrons. The van der Waals surface area contributed by atoms with Crippen LogP contribution in [0.4, 0.5) is 5.82 Å². The van der Waals surface area contributed by atoms with Crippen LogP contribution in [0.2, 0.25) is 0 Å². The fraction of sp³-hybridized carbons (Fsp3) is 0.412. The van der Waals surface area contributed by atoms with E-state index < -0.39 is 0 Å². The molecule has 2 aromatic rings. The van der Waals surface area contributed by atoms with Crippen LogP contribution in [0, 0.1) is 17.2 Å². The van der Waals surface area contributed by atoms with Gasteiger partial charge in [-0.05, 0) is 32.1 Å². The van der Waals surface area contributed by atoms with E-state index in [2.05, 4.69) is 36.9 Å². The highest BCUT2D eigenvalue weighted by Crippen LogP contribution is 2.28. The molecule has 0 saturated carbocycles. The first kappa shape index (κ1) is 13.8. The van der Waals surface area contributed by atoms with Crippen LogP contribution in [-0.2, 0) is 0 Å². The van der Waals surface area contributed by atoms with Gasteiger partial charge >= 0.3 is 0 Å². The monoisotopic (exact) mass is 280 g/mol. The standard InChI is InChI=1S/C17H20N4/c1-12-10-21(11-16(12)20(2)3)17-8-13(9-18)14-6-4-5-7-15(14)19-17/h4-8,12,16H,10-11H2,1-3H3. The van der Waals surface area contributed by atoms with Gasteiger partial charge in [0.2, 0.25) is 0 Å². The second-order valence-electron chi connectivity index (χ2n) is 6.07. The number of likely N-dealkylation sites (N-methyl/N-ethyl adjacent to an activating group) is 1. The molecule has 1 aromatic carbocycles. The zero-order valence-electron chi connectivity index (χ0n) is 12.7. The van der Waals surface area contributed by atoms with E-state index in [-0.39, 0.29) is 0 Å². The van der Waals surface area contributed by atoms with Crippen molar-refractivity contribution in [2.45, 2.75) is 13.0 Å². The molecule has 2 unspecified atom stereocenters. The Hall–Kier alpha value is -2.12. The number of fused-ring (bicyclic) bond motifs is 1. The molecule has 4 heteroatoms. The van der Waals surface area contributed by atoms with Crippen LogP contribution >= 0.6 is 0 Å². The molecular weight excluding hydrogens is 260 g/mol. The fourth-order valence-corrected chi connectivity index (χ4v) is 3.22. The van der Waals surface area contributed by atoms with E-state index in [1.54, 1.807) is 0 Å². The van der Waals surface area contributed by atoms with E-state index >= 15 is 0 Å². The first-order valence-electron chi connectivity index (χ1n) is 7.31. The predicted molar refractivity (Wildman–Crippen MR) is 85.3 cm³/mol. The number of anilines is 1. The third-order valence-electron chi connectivity index (χ3n) is 4.38. The first-order valence-corrected chi connectivity index (χ1v) is 7.31. The molecule has 1 saturated heterocycles. The minimum Gasteiger partial charge on any atom is -0.355 e. The molecule has 0 bridgehead atoms. The Balaban J connectivity index is 2.01. The molecule has 1 aliphatic heterocycles. The van der Waals surface area contributed by atoms with E-state index in [9.17, 15) is 5.26 Å². The van der Waals surface area contributed by atoms with Crippen molar-refractivity contribution < 1.29 is 0 Å². The predicted octanol–water partition coefficient (Wildman–Crippen LogP) is 2.49. The highest BCUT2D eigenvalue weighted by atomic mass is 15.3. The van der Waals surface area contributed by atoms with E-state index in [1.807, 2.05) is 30.3 Å². The lowest BCUT2D eigenvalue weighted by Crippen LogP contribution is -2.34. The van der Waals surface area contributed by atoms with Crippen LogP contribution in [0.5, 0.6) is 0 Å². The number of rotatable bonds is 2. The Bertz CT molecular complexity index is 701. The van der Waals surface area contributed by atoms with E-state index in [0.717, 1.165) is 29.8 Å². The van der Waals surface area contributed by atoms with Gasteiger partial charge in [-0.2, -0.15) is 5.26 Å². The lowest BCUT2D eigenvalue weighted by Gasteiger charge is -2.22. The summed E-state index contributed by atoms with van der Waals surface area (Å²) in [6, 6.07) is 12.6. The minimum absolute atomic E-state index is 0.531. The van der Waals surface area contributed by atoms with E-state index in [0.29, 0.717) is 17.5 Å². The Morgan fingerprint density at radius 2 is 2.05 bits per heavy atom. The number of para-hydroxylation sites is 1. The zero-order valence-corrected chi connectivity index (χ0v) is 12.7. The fourth-order valence-electron chi connectivity index (χ4n) is 3.22. The molecule has 0 amide bonds. The number of nitrogens with zero attached hydrogens (tertiary/aromatic N) is 4. The normalized spacial score (nSPS) is 22.0. The molecule has 1 aliphatic rings. The summed E-state index contributed by atoms with van der Waals surface area (Å²) in [5.41, 5.74) is 1.60. The summed E-state index contributed by atoms with van der Waals surface area (Å²) in [6.45, 7) is 4.22. The molecule has 2 heterocycles. The van der Waals surface area contributed by atoms with Crippen molar-refractivity contribution in [3.05, 3.63) is 35.9 Å². The van der Waals surface area contributed by atoms with Gasteiger partial charge in [0.05, 0.1) is 17.1 Å². The number of hydrogen-bond donors (Lipinski definition) is 0. The van der Waals surface area contributed by atoms with Gasteiger partial charge in [-0.15, -0.1) is 0 Å². The average molecular weight is 280 g/mol. The van der Waals surface area contributed by atoms with Crippen LogP contribution < -0.4 is 4.90 Å². The van der Waals surface area contributed by atoms with Gasteiger partial charge < -0.3 is 9.80 Å². The van der Waals surface area contributed by atoms with Crippen LogP contribution in [0.1, 0.15) is 12.5 Å². The summed E-state index contributed by atoms with van der Waals surface area (Å²) in [4.78, 5) is 9.32. The Morgan fingerprint density at radius 1 is 1.29 bits per heavy atom. The molecule has 3 rings (SSSR count). The number of benzene rings is 1. The molecular formula is C17H20N4. The molecule has 1 aromatic heterocycles. The maximum atomic E-state index is 9.39. The van der Waals surface area contributed by atoms with Crippen LogP contribution in [0.25, 0.3) is 10.9 Å². The topological polar surface area (TPSA) is 43.2 Å². The van der Waals surface area contributed by atoms with Gasteiger partial charge in [0.25, 0.3) is 0 Å². The summed E-state index contributed by atoms with van der Waals surface area (Å²) >= 11 is 0. The lowest BCUT2D eigenvalue weighted by atomic mass is 10.1. The molecule has 108 valence electrons. The maximum Gasteiger partial charge on any atom is 0.130 e. The van der Waals surface area contributed by atoms with Crippen molar-refractivity contribution in [3.63, 3.8) is 0 Å². The van der Waals surface area contributed by atoms with Gasteiger partial charge in [0, 0.05) is 24.5 Å². The third-order valence-corrected chi connectivity index (χ3v) is 4.38. The third kappa shape index (κ3) is 2.45. The number of aromatic nitrogens is 1. The molecule has 2 atom stereocenters. The van der Waals surface area contributed by atoms with Gasteiger partial charge in [-0.3, -0.25) is 0 Å². The van der Waals surface area contributed by atoms with Crippen LogP contribution in [0.3, 0.4) is 0 Å². The smallest absolute Gasteiger partial charge is 0.130 e. The summed E-state index contributed by atoms with van der Waals surface area (Å²) in [7, 11) is 4.25. The van der Waals surface area contributed by atoms with Crippen molar-refractivity contribution in [2.75, 3.05) is 32.1 Å². The average Bonchev–Trinajstić information content (AvgIpc) is 2.88. The van der Waals surface area contributed by atoms with Crippen LogP contribution in [0.15, 0.2) is 30.3 Å². The van der Waals surface area contributed by atoms with E-state index in [1.165, 1.54) is 0 Å². The summed E-state index contributed by atoms with van der Waals surface area (Å²) < 4.78 is 0. The molecule has 0 spiro atoms. The Kier molecular flexibility index (Phi) is 3.52. The van der Waals surface area contributed by atoms with Crippen molar-refractivity contribution in [1.29, 1.82) is 5.26 Å². The highest BCUT2D eigenvalue weighted by molar-refractivity contribution is 5.86.